The third-order valence-corrected chi connectivity index (χ3v) is 9.03. The Morgan fingerprint density at radius 3 is 2.27 bits per heavy atom. The Kier molecular flexibility index (Phi) is 7.33. The van der Waals surface area contributed by atoms with Crippen LogP contribution in [-0.4, -0.2) is 73.1 Å². The molecule has 1 N–H and O–H groups in total. The number of urea groups is 1. The minimum atomic E-state index is -3.93. The van der Waals surface area contributed by atoms with Crippen molar-refractivity contribution < 1.29 is 27.2 Å². The fourth-order valence-electron chi connectivity index (χ4n) is 4.44. The Morgan fingerprint density at radius 1 is 1.08 bits per heavy atom. The quantitative estimate of drug-likeness (QED) is 0.557. The van der Waals surface area contributed by atoms with Gasteiger partial charge in [-0.3, -0.25) is 14.5 Å². The number of hydrogen-bond donors (Lipinski definition) is 1. The Hall–Kier alpha value is -3.02. The van der Waals surface area contributed by atoms with Crippen LogP contribution in [0, 0.1) is 5.82 Å². The van der Waals surface area contributed by atoms with Crippen LogP contribution in [0.1, 0.15) is 37.8 Å². The van der Waals surface area contributed by atoms with Gasteiger partial charge in [-0.15, -0.1) is 0 Å². The number of nitrogens with one attached hydrogen (secondary N) is 1. The van der Waals surface area contributed by atoms with Crippen LogP contribution in [0.25, 0.3) is 0 Å². The standard InChI is InChI=1S/C25H28ClFN4O5S/c1-16(2)17-4-6-18(7-5-17)25(3)23(33)31(24(34)28-25)15-22(32)29-10-12-30(13-11-29)37(35,36)19-8-9-21(27)20(26)14-19/h4-9,14,16H,10-13,15H2,1-3H3,(H,28,34)/t25-/m1/s1. The average Bonchev–Trinajstić information content (AvgIpc) is 3.09. The van der Waals surface area contributed by atoms with Gasteiger partial charge in [-0.1, -0.05) is 49.7 Å². The maximum absolute atomic E-state index is 13.4. The largest absolute Gasteiger partial charge is 0.338 e. The molecule has 4 amide bonds. The lowest BCUT2D eigenvalue weighted by Gasteiger charge is -2.34. The molecule has 2 heterocycles. The van der Waals surface area contributed by atoms with E-state index in [-0.39, 0.29) is 36.1 Å². The molecule has 2 fully saturated rings. The summed E-state index contributed by atoms with van der Waals surface area (Å²) < 4.78 is 40.4. The summed E-state index contributed by atoms with van der Waals surface area (Å²) in [5, 5.41) is 2.40. The molecule has 0 radical (unpaired) electrons. The molecule has 0 spiro atoms. The lowest BCUT2D eigenvalue weighted by Crippen LogP contribution is -2.53. The molecular formula is C25H28ClFN4O5S. The molecule has 2 aliphatic rings. The predicted molar refractivity (Wildman–Crippen MR) is 135 cm³/mol. The summed E-state index contributed by atoms with van der Waals surface area (Å²) in [6.45, 7) is 5.42. The Morgan fingerprint density at radius 2 is 1.70 bits per heavy atom. The minimum Gasteiger partial charge on any atom is -0.338 e. The number of sulfonamides is 1. The average molecular weight is 551 g/mol. The summed E-state index contributed by atoms with van der Waals surface area (Å²) in [6, 6.07) is 9.92. The SMILES string of the molecule is CC(C)c1ccc([C@@]2(C)NC(=O)N(CC(=O)N3CCN(S(=O)(=O)c4ccc(F)c(Cl)c4)CC3)C2=O)cc1. The zero-order valence-electron chi connectivity index (χ0n) is 20.7. The zero-order valence-corrected chi connectivity index (χ0v) is 22.3. The third kappa shape index (κ3) is 5.07. The van der Waals surface area contributed by atoms with Crippen molar-refractivity contribution in [2.45, 2.75) is 37.1 Å². The number of benzene rings is 2. The molecule has 198 valence electrons. The summed E-state index contributed by atoms with van der Waals surface area (Å²) in [4.78, 5) is 41.0. The molecule has 4 rings (SSSR count). The number of carbonyl (C=O) groups is 3. The van der Waals surface area contributed by atoms with E-state index in [9.17, 15) is 27.2 Å². The molecule has 0 aromatic heterocycles. The second-order valence-corrected chi connectivity index (χ2v) is 11.9. The summed E-state index contributed by atoms with van der Waals surface area (Å²) >= 11 is 5.73. The van der Waals surface area contributed by atoms with Gasteiger partial charge in [0.15, 0.2) is 0 Å². The van der Waals surface area contributed by atoms with Gasteiger partial charge in [0.2, 0.25) is 15.9 Å². The van der Waals surface area contributed by atoms with E-state index in [2.05, 4.69) is 19.2 Å². The van der Waals surface area contributed by atoms with Crippen LogP contribution in [0.15, 0.2) is 47.4 Å². The van der Waals surface area contributed by atoms with Crippen molar-refractivity contribution in [2.24, 2.45) is 0 Å². The molecule has 2 aromatic carbocycles. The second-order valence-electron chi connectivity index (χ2n) is 9.58. The van der Waals surface area contributed by atoms with Gasteiger partial charge < -0.3 is 10.2 Å². The smallest absolute Gasteiger partial charge is 0.325 e. The lowest BCUT2D eigenvalue weighted by molar-refractivity contribution is -0.139. The number of imide groups is 1. The molecule has 0 bridgehead atoms. The molecule has 2 aromatic rings. The molecule has 37 heavy (non-hydrogen) atoms. The highest BCUT2D eigenvalue weighted by Gasteiger charge is 2.49. The van der Waals surface area contributed by atoms with Crippen molar-refractivity contribution in [3.63, 3.8) is 0 Å². The molecule has 1 atom stereocenters. The van der Waals surface area contributed by atoms with Crippen LogP contribution in [-0.2, 0) is 25.2 Å². The first kappa shape index (κ1) is 27.0. The first-order valence-electron chi connectivity index (χ1n) is 11.8. The van der Waals surface area contributed by atoms with Gasteiger partial charge in [0.05, 0.1) is 9.92 Å². The van der Waals surface area contributed by atoms with Crippen LogP contribution in [0.3, 0.4) is 0 Å². The number of nitrogens with zero attached hydrogens (tertiary/aromatic N) is 3. The van der Waals surface area contributed by atoms with E-state index < -0.39 is 45.8 Å². The summed E-state index contributed by atoms with van der Waals surface area (Å²) in [7, 11) is -3.93. The van der Waals surface area contributed by atoms with Gasteiger partial charge >= 0.3 is 6.03 Å². The number of halogens is 2. The molecular weight excluding hydrogens is 523 g/mol. The number of hydrogen-bond acceptors (Lipinski definition) is 5. The topological polar surface area (TPSA) is 107 Å². The van der Waals surface area contributed by atoms with Crippen molar-refractivity contribution in [1.82, 2.24) is 19.4 Å². The normalized spacial score (nSPS) is 21.0. The number of amides is 4. The van der Waals surface area contributed by atoms with Crippen molar-refractivity contribution in [1.29, 1.82) is 0 Å². The molecule has 12 heteroatoms. The van der Waals surface area contributed by atoms with E-state index in [1.165, 1.54) is 9.21 Å². The minimum absolute atomic E-state index is 0.00310. The van der Waals surface area contributed by atoms with E-state index in [0.717, 1.165) is 28.7 Å². The van der Waals surface area contributed by atoms with Crippen molar-refractivity contribution in [3.05, 3.63) is 64.4 Å². The summed E-state index contributed by atoms with van der Waals surface area (Å²) in [5.41, 5.74) is 0.417. The third-order valence-electron chi connectivity index (χ3n) is 6.84. The van der Waals surface area contributed by atoms with Gasteiger partial charge in [0.25, 0.3) is 5.91 Å². The van der Waals surface area contributed by atoms with Crippen molar-refractivity contribution >= 4 is 39.5 Å². The zero-order chi connectivity index (χ0) is 27.1. The highest BCUT2D eigenvalue weighted by Crippen LogP contribution is 2.30. The predicted octanol–water partition coefficient (Wildman–Crippen LogP) is 2.90. The molecule has 0 unspecified atom stereocenters. The highest BCUT2D eigenvalue weighted by molar-refractivity contribution is 7.89. The van der Waals surface area contributed by atoms with Crippen LogP contribution in [0.2, 0.25) is 5.02 Å². The van der Waals surface area contributed by atoms with Gasteiger partial charge in [-0.2, -0.15) is 4.31 Å². The van der Waals surface area contributed by atoms with E-state index >= 15 is 0 Å². The van der Waals surface area contributed by atoms with Crippen molar-refractivity contribution in [2.75, 3.05) is 32.7 Å². The van der Waals surface area contributed by atoms with Gasteiger partial charge in [0.1, 0.15) is 17.9 Å². The second kappa shape index (κ2) is 10.0. The van der Waals surface area contributed by atoms with E-state index in [1.54, 1.807) is 19.1 Å². The van der Waals surface area contributed by atoms with Gasteiger partial charge in [-0.25, -0.2) is 17.6 Å². The lowest BCUT2D eigenvalue weighted by atomic mass is 9.90. The summed E-state index contributed by atoms with van der Waals surface area (Å²) in [5.74, 6) is -1.41. The van der Waals surface area contributed by atoms with E-state index in [4.69, 9.17) is 11.6 Å². The van der Waals surface area contributed by atoms with Crippen LogP contribution in [0.5, 0.6) is 0 Å². The maximum Gasteiger partial charge on any atom is 0.325 e. The Bertz CT molecular complexity index is 1340. The van der Waals surface area contributed by atoms with Crippen LogP contribution >= 0.6 is 11.6 Å². The maximum atomic E-state index is 13.4. The molecule has 0 saturated carbocycles. The van der Waals surface area contributed by atoms with Crippen LogP contribution in [0.4, 0.5) is 9.18 Å². The molecule has 0 aliphatic carbocycles. The fourth-order valence-corrected chi connectivity index (χ4v) is 6.13. The Balaban J connectivity index is 1.40. The van der Waals surface area contributed by atoms with Crippen molar-refractivity contribution in [3.8, 4) is 0 Å². The number of piperazine rings is 1. The molecule has 9 nitrogen and oxygen atoms in total. The number of carbonyl (C=O) groups excluding carboxylic acids is 3. The summed E-state index contributed by atoms with van der Waals surface area (Å²) in [6.07, 6.45) is 0. The van der Waals surface area contributed by atoms with Gasteiger partial charge in [-0.05, 0) is 42.2 Å². The highest BCUT2D eigenvalue weighted by atomic mass is 35.5. The Labute approximate surface area is 220 Å². The molecule has 2 aliphatic heterocycles. The molecule has 2 saturated heterocycles. The van der Waals surface area contributed by atoms with E-state index in [1.807, 2.05) is 12.1 Å². The fraction of sp³-hybridized carbons (Fsp3) is 0.400. The van der Waals surface area contributed by atoms with Crippen LogP contribution < -0.4 is 5.32 Å². The monoisotopic (exact) mass is 550 g/mol. The first-order chi connectivity index (χ1) is 17.3. The number of rotatable bonds is 6. The van der Waals surface area contributed by atoms with E-state index in [0.29, 0.717) is 11.5 Å². The van der Waals surface area contributed by atoms with Gasteiger partial charge in [0, 0.05) is 26.2 Å². The first-order valence-corrected chi connectivity index (χ1v) is 13.6.